The Morgan fingerprint density at radius 3 is 2.39 bits per heavy atom. The van der Waals surface area contributed by atoms with Crippen molar-refractivity contribution in [3.63, 3.8) is 0 Å². The molecule has 0 unspecified atom stereocenters. The van der Waals surface area contributed by atoms with Gasteiger partial charge in [-0.1, -0.05) is 12.1 Å². The van der Waals surface area contributed by atoms with Crippen LogP contribution in [0.4, 0.5) is 20.5 Å². The molecule has 0 saturated carbocycles. The largest absolute Gasteiger partial charge is 0.378 e. The Morgan fingerprint density at radius 2 is 1.72 bits per heavy atom. The number of aromatic nitrogens is 4. The molecule has 2 atom stereocenters. The molecule has 2 fully saturated rings. The van der Waals surface area contributed by atoms with Crippen LogP contribution in [0.2, 0.25) is 0 Å². The van der Waals surface area contributed by atoms with Crippen LogP contribution >= 0.6 is 0 Å². The number of carbonyl (C=O) groups excluding carboxylic acids is 1. The van der Waals surface area contributed by atoms with E-state index in [2.05, 4.69) is 9.88 Å². The normalized spacial score (nSPS) is 21.0. The van der Waals surface area contributed by atoms with Gasteiger partial charge >= 0.3 is 0 Å². The lowest BCUT2D eigenvalue weighted by atomic mass is 10.1. The number of fused-ring (bicyclic) bond motifs is 1. The predicted molar refractivity (Wildman–Crippen MR) is 132 cm³/mol. The van der Waals surface area contributed by atoms with E-state index in [1.54, 1.807) is 35.2 Å². The van der Waals surface area contributed by atoms with Crippen molar-refractivity contribution in [2.75, 3.05) is 55.7 Å². The molecule has 10 nitrogen and oxygen atoms in total. The van der Waals surface area contributed by atoms with Crippen molar-refractivity contribution in [2.24, 2.45) is 5.73 Å². The predicted octanol–water partition coefficient (Wildman–Crippen LogP) is 1.97. The SMILES string of the molecule is C[C@@H]1CN(c2cc(-n3c(C(F)F)nc4ccccc43)nc(N3CCOCC3)n2)C[C@H](C)N1C(=O)CN. The smallest absolute Gasteiger partial charge is 0.296 e. The number of halogens is 2. The molecule has 2 saturated heterocycles. The minimum Gasteiger partial charge on any atom is -0.378 e. The first-order valence-corrected chi connectivity index (χ1v) is 12.1. The van der Waals surface area contributed by atoms with Crippen LogP contribution in [0.3, 0.4) is 0 Å². The van der Waals surface area contributed by atoms with Crippen LogP contribution in [0.5, 0.6) is 0 Å². The highest BCUT2D eigenvalue weighted by atomic mass is 19.3. The number of imidazole rings is 1. The van der Waals surface area contributed by atoms with Gasteiger partial charge in [-0.25, -0.2) is 13.8 Å². The third-order valence-corrected chi connectivity index (χ3v) is 6.70. The molecule has 2 aliphatic heterocycles. The third kappa shape index (κ3) is 4.46. The highest BCUT2D eigenvalue weighted by molar-refractivity contribution is 5.79. The van der Waals surface area contributed by atoms with Crippen LogP contribution < -0.4 is 15.5 Å². The van der Waals surface area contributed by atoms with Gasteiger partial charge in [0.15, 0.2) is 5.82 Å². The highest BCUT2D eigenvalue weighted by Crippen LogP contribution is 2.31. The van der Waals surface area contributed by atoms with Crippen LogP contribution in [0, 0.1) is 0 Å². The summed E-state index contributed by atoms with van der Waals surface area (Å²) >= 11 is 0. The summed E-state index contributed by atoms with van der Waals surface area (Å²) in [4.78, 5) is 32.0. The Hall–Kier alpha value is -3.38. The molecule has 0 aliphatic carbocycles. The van der Waals surface area contributed by atoms with Crippen LogP contribution in [-0.4, -0.2) is 88.3 Å². The quantitative estimate of drug-likeness (QED) is 0.567. The number of rotatable bonds is 5. The lowest BCUT2D eigenvalue weighted by Gasteiger charge is -2.45. The minimum absolute atomic E-state index is 0.0440. The summed E-state index contributed by atoms with van der Waals surface area (Å²) < 4.78 is 35.1. The van der Waals surface area contributed by atoms with Crippen molar-refractivity contribution in [3.05, 3.63) is 36.2 Å². The van der Waals surface area contributed by atoms with Gasteiger partial charge in [-0.15, -0.1) is 0 Å². The molecule has 0 radical (unpaired) electrons. The zero-order valence-electron chi connectivity index (χ0n) is 20.3. The van der Waals surface area contributed by atoms with E-state index in [0.717, 1.165) is 0 Å². The molecule has 1 amide bonds. The van der Waals surface area contributed by atoms with Crippen molar-refractivity contribution < 1.29 is 18.3 Å². The first-order chi connectivity index (χ1) is 17.4. The van der Waals surface area contributed by atoms with E-state index < -0.39 is 6.43 Å². The average Bonchev–Trinajstić information content (AvgIpc) is 3.28. The van der Waals surface area contributed by atoms with Crippen LogP contribution in [0.1, 0.15) is 26.1 Å². The van der Waals surface area contributed by atoms with E-state index in [0.29, 0.717) is 68.0 Å². The van der Waals surface area contributed by atoms with E-state index in [1.165, 1.54) is 4.57 Å². The van der Waals surface area contributed by atoms with E-state index in [9.17, 15) is 13.6 Å². The number of para-hydroxylation sites is 2. The Kier molecular flexibility index (Phi) is 6.71. The molecule has 3 aromatic rings. The fraction of sp³-hybridized carbons (Fsp3) is 0.500. The molecule has 12 heteroatoms. The van der Waals surface area contributed by atoms with Gasteiger partial charge < -0.3 is 25.2 Å². The standard InChI is InChI=1S/C24H30F2N8O2/c1-15-13-32(14-16(2)33(15)21(35)12-27)19-11-20(30-24(29-19)31-7-9-36-10-8-31)34-18-6-4-3-5-17(18)28-23(34)22(25)26/h3-6,11,15-16,22H,7-10,12-14,27H2,1-2H3/t15-,16+. The lowest BCUT2D eigenvalue weighted by Crippen LogP contribution is -2.60. The van der Waals surface area contributed by atoms with Gasteiger partial charge in [0, 0.05) is 44.3 Å². The average molecular weight is 501 g/mol. The van der Waals surface area contributed by atoms with E-state index in [1.807, 2.05) is 18.7 Å². The first kappa shape index (κ1) is 24.3. The number of morpholine rings is 1. The number of alkyl halides is 2. The zero-order chi connectivity index (χ0) is 25.4. The molecule has 1 aromatic carbocycles. The molecular weight excluding hydrogens is 470 g/mol. The highest BCUT2D eigenvalue weighted by Gasteiger charge is 2.34. The molecule has 4 heterocycles. The van der Waals surface area contributed by atoms with Gasteiger partial charge in [0.2, 0.25) is 11.9 Å². The second-order valence-electron chi connectivity index (χ2n) is 9.19. The topological polar surface area (TPSA) is 106 Å². The second kappa shape index (κ2) is 9.94. The molecule has 192 valence electrons. The molecule has 0 spiro atoms. The number of carbonyl (C=O) groups is 1. The summed E-state index contributed by atoms with van der Waals surface area (Å²) in [7, 11) is 0. The lowest BCUT2D eigenvalue weighted by molar-refractivity contribution is -0.134. The molecule has 2 aromatic heterocycles. The third-order valence-electron chi connectivity index (χ3n) is 6.70. The number of nitrogens with two attached hydrogens (primary N) is 1. The molecule has 0 bridgehead atoms. The van der Waals surface area contributed by atoms with Gasteiger partial charge in [-0.05, 0) is 26.0 Å². The van der Waals surface area contributed by atoms with Crippen molar-refractivity contribution in [2.45, 2.75) is 32.4 Å². The number of amides is 1. The number of piperazine rings is 1. The van der Waals surface area contributed by atoms with Gasteiger partial charge in [0.05, 0.1) is 30.8 Å². The van der Waals surface area contributed by atoms with Crippen LogP contribution in [-0.2, 0) is 9.53 Å². The zero-order valence-corrected chi connectivity index (χ0v) is 20.3. The Balaban J connectivity index is 1.61. The monoisotopic (exact) mass is 500 g/mol. The molecule has 2 N–H and O–H groups in total. The van der Waals surface area contributed by atoms with Crippen molar-refractivity contribution in [3.8, 4) is 5.82 Å². The number of nitrogens with zero attached hydrogens (tertiary/aromatic N) is 7. The summed E-state index contributed by atoms with van der Waals surface area (Å²) in [6, 6.07) is 8.55. The minimum atomic E-state index is -2.78. The Bertz CT molecular complexity index is 1230. The molecule has 2 aliphatic rings. The number of ether oxygens (including phenoxy) is 1. The maximum absolute atomic E-state index is 14.1. The van der Waals surface area contributed by atoms with E-state index in [-0.39, 0.29) is 30.4 Å². The van der Waals surface area contributed by atoms with Gasteiger partial charge in [0.25, 0.3) is 6.43 Å². The maximum Gasteiger partial charge on any atom is 0.296 e. The van der Waals surface area contributed by atoms with E-state index >= 15 is 0 Å². The van der Waals surface area contributed by atoms with Crippen molar-refractivity contribution in [1.29, 1.82) is 0 Å². The van der Waals surface area contributed by atoms with Crippen LogP contribution in [0.25, 0.3) is 16.9 Å². The summed E-state index contributed by atoms with van der Waals surface area (Å²) in [5.41, 5.74) is 6.64. The maximum atomic E-state index is 14.1. The number of anilines is 2. The van der Waals surface area contributed by atoms with Gasteiger partial charge in [-0.3, -0.25) is 9.36 Å². The van der Waals surface area contributed by atoms with Gasteiger partial charge in [-0.2, -0.15) is 9.97 Å². The first-order valence-electron chi connectivity index (χ1n) is 12.1. The Labute approximate surface area is 207 Å². The second-order valence-corrected chi connectivity index (χ2v) is 9.19. The van der Waals surface area contributed by atoms with Crippen molar-refractivity contribution >= 4 is 28.7 Å². The number of benzene rings is 1. The Morgan fingerprint density at radius 1 is 1.06 bits per heavy atom. The van der Waals surface area contributed by atoms with Crippen molar-refractivity contribution in [1.82, 2.24) is 24.4 Å². The summed E-state index contributed by atoms with van der Waals surface area (Å²) in [5, 5.41) is 0. The fourth-order valence-corrected chi connectivity index (χ4v) is 5.13. The number of hydrogen-bond acceptors (Lipinski definition) is 8. The van der Waals surface area contributed by atoms with Crippen LogP contribution in [0.15, 0.2) is 30.3 Å². The molecular formula is C24H30F2N8O2. The summed E-state index contributed by atoms with van der Waals surface area (Å²) in [5.74, 6) is 0.918. The summed E-state index contributed by atoms with van der Waals surface area (Å²) in [6.07, 6.45) is -2.78. The molecule has 36 heavy (non-hydrogen) atoms. The fourth-order valence-electron chi connectivity index (χ4n) is 5.13. The van der Waals surface area contributed by atoms with Gasteiger partial charge in [0.1, 0.15) is 11.6 Å². The number of hydrogen-bond donors (Lipinski definition) is 1. The molecule has 5 rings (SSSR count). The summed E-state index contributed by atoms with van der Waals surface area (Å²) in [6.45, 7) is 7.22. The van der Waals surface area contributed by atoms with E-state index in [4.69, 9.17) is 20.4 Å².